The molecule has 0 saturated heterocycles. The molecule has 0 bridgehead atoms. The first-order chi connectivity index (χ1) is 19.4. The lowest BCUT2D eigenvalue weighted by Crippen LogP contribution is -2.48. The third-order valence-electron chi connectivity index (χ3n) is 6.27. The minimum atomic E-state index is -0.909. The molecule has 0 radical (unpaired) electrons. The fourth-order valence-corrected chi connectivity index (χ4v) is 4.21. The summed E-state index contributed by atoms with van der Waals surface area (Å²) < 4.78 is 25.9. The van der Waals surface area contributed by atoms with E-state index in [0.29, 0.717) is 30.3 Å². The van der Waals surface area contributed by atoms with E-state index in [2.05, 4.69) is 34.0 Å². The second-order valence-corrected chi connectivity index (χ2v) is 9.48. The number of nitrogens with zero attached hydrogens (tertiary/aromatic N) is 1. The number of hydrogen-bond acceptors (Lipinski definition) is 5. The van der Waals surface area contributed by atoms with Gasteiger partial charge in [0.1, 0.15) is 18.5 Å². The molecule has 206 valence electrons. The van der Waals surface area contributed by atoms with Crippen LogP contribution in [0, 0.1) is 11.7 Å². The van der Waals surface area contributed by atoms with Gasteiger partial charge in [-0.2, -0.15) is 5.10 Å². The van der Waals surface area contributed by atoms with E-state index >= 15 is 0 Å². The maximum atomic E-state index is 14.0. The summed E-state index contributed by atoms with van der Waals surface area (Å²) in [5.74, 6) is -0.960. The van der Waals surface area contributed by atoms with Crippen LogP contribution in [0.1, 0.15) is 42.3 Å². The van der Waals surface area contributed by atoms with Crippen molar-refractivity contribution in [1.29, 1.82) is 0 Å². The zero-order chi connectivity index (χ0) is 28.5. The highest BCUT2D eigenvalue weighted by Gasteiger charge is 2.25. The molecule has 8 heteroatoms. The molecule has 0 saturated carbocycles. The van der Waals surface area contributed by atoms with Gasteiger partial charge in [-0.25, -0.2) is 9.82 Å². The molecule has 0 aliphatic heterocycles. The van der Waals surface area contributed by atoms with E-state index in [4.69, 9.17) is 9.47 Å². The molecule has 1 unspecified atom stereocenters. The van der Waals surface area contributed by atoms with Crippen LogP contribution in [0.15, 0.2) is 90.0 Å². The smallest absolute Gasteiger partial charge is 0.262 e. The number of amides is 2. The van der Waals surface area contributed by atoms with Gasteiger partial charge in [-0.05, 0) is 65.1 Å². The van der Waals surface area contributed by atoms with Crippen molar-refractivity contribution < 1.29 is 23.5 Å². The topological polar surface area (TPSA) is 89.0 Å². The molecule has 0 fully saturated rings. The number of carbonyl (C=O) groups excluding carboxylic acids is 2. The molecule has 4 aromatic rings. The number of nitrogens with one attached hydrogen (secondary N) is 2. The summed E-state index contributed by atoms with van der Waals surface area (Å²) in [6.45, 7) is 6.26. The summed E-state index contributed by atoms with van der Waals surface area (Å²) in [7, 11) is 0. The molecule has 1 atom stereocenters. The molecule has 0 heterocycles. The fraction of sp³-hybridized carbons (Fsp3) is 0.219. The van der Waals surface area contributed by atoms with Crippen molar-refractivity contribution in [1.82, 2.24) is 10.7 Å². The summed E-state index contributed by atoms with van der Waals surface area (Å²) in [6, 6.07) is 24.3. The van der Waals surface area contributed by atoms with E-state index in [9.17, 15) is 14.0 Å². The van der Waals surface area contributed by atoms with Crippen molar-refractivity contribution in [2.75, 3.05) is 6.61 Å². The van der Waals surface area contributed by atoms with E-state index < -0.39 is 23.7 Å². The SMILES string of the molecule is CCOc1cc(/C=N/NC(=O)C(NC(=O)c2ccccc2F)C(C)C)ccc1OCc1cccc2ccccc12. The molecular weight excluding hydrogens is 509 g/mol. The molecule has 7 nitrogen and oxygen atoms in total. The molecule has 0 spiro atoms. The van der Waals surface area contributed by atoms with E-state index in [-0.39, 0.29) is 11.5 Å². The predicted octanol–water partition coefficient (Wildman–Crippen LogP) is 5.86. The first kappa shape index (κ1) is 28.3. The Morgan fingerprint density at radius 2 is 1.68 bits per heavy atom. The predicted molar refractivity (Wildman–Crippen MR) is 154 cm³/mol. The van der Waals surface area contributed by atoms with Crippen molar-refractivity contribution >= 4 is 28.8 Å². The minimum absolute atomic E-state index is 0.129. The molecule has 4 rings (SSSR count). The van der Waals surface area contributed by atoms with Gasteiger partial charge in [0.15, 0.2) is 11.5 Å². The Morgan fingerprint density at radius 3 is 2.45 bits per heavy atom. The van der Waals surface area contributed by atoms with Gasteiger partial charge < -0.3 is 14.8 Å². The van der Waals surface area contributed by atoms with Gasteiger partial charge in [-0.3, -0.25) is 9.59 Å². The lowest BCUT2D eigenvalue weighted by Gasteiger charge is -2.20. The number of halogens is 1. The van der Waals surface area contributed by atoms with Crippen molar-refractivity contribution in [2.45, 2.75) is 33.4 Å². The summed E-state index contributed by atoms with van der Waals surface area (Å²) >= 11 is 0. The third kappa shape index (κ3) is 7.02. The molecule has 4 aromatic carbocycles. The standard InChI is InChI=1S/C32H32FN3O4/c1-4-39-29-18-22(16-17-28(29)40-20-24-12-9-11-23-10-5-6-13-25(23)24)19-34-36-32(38)30(21(2)3)35-31(37)26-14-7-8-15-27(26)33/h5-19,21,30H,4,20H2,1-3H3,(H,35,37)(H,36,38)/b34-19+. The van der Waals surface area contributed by atoms with Crippen molar-refractivity contribution in [2.24, 2.45) is 11.0 Å². The first-order valence-electron chi connectivity index (χ1n) is 13.1. The molecular formula is C32H32FN3O4. The molecule has 40 heavy (non-hydrogen) atoms. The van der Waals surface area contributed by atoms with E-state index in [1.807, 2.05) is 31.2 Å². The van der Waals surface area contributed by atoms with E-state index in [0.717, 1.165) is 16.3 Å². The van der Waals surface area contributed by atoms with Crippen LogP contribution in [0.25, 0.3) is 10.8 Å². The number of rotatable bonds is 11. The van der Waals surface area contributed by atoms with E-state index in [1.54, 1.807) is 38.1 Å². The monoisotopic (exact) mass is 541 g/mol. The Labute approximate surface area is 233 Å². The second-order valence-electron chi connectivity index (χ2n) is 9.48. The number of ether oxygens (including phenoxy) is 2. The largest absolute Gasteiger partial charge is 0.490 e. The Morgan fingerprint density at radius 1 is 0.925 bits per heavy atom. The van der Waals surface area contributed by atoms with Gasteiger partial charge >= 0.3 is 0 Å². The van der Waals surface area contributed by atoms with Crippen LogP contribution in [0.2, 0.25) is 0 Å². The Balaban J connectivity index is 1.41. The lowest BCUT2D eigenvalue weighted by molar-refractivity contribution is -0.123. The van der Waals surface area contributed by atoms with Crippen molar-refractivity contribution in [3.05, 3.63) is 107 Å². The normalized spacial score (nSPS) is 11.9. The second kappa shape index (κ2) is 13.4. The molecule has 0 aliphatic carbocycles. The van der Waals surface area contributed by atoms with Crippen molar-refractivity contribution in [3.63, 3.8) is 0 Å². The van der Waals surface area contributed by atoms with Gasteiger partial charge in [0.2, 0.25) is 0 Å². The number of fused-ring (bicyclic) bond motifs is 1. The molecule has 2 N–H and O–H groups in total. The van der Waals surface area contributed by atoms with Gasteiger partial charge in [-0.15, -0.1) is 0 Å². The van der Waals surface area contributed by atoms with Gasteiger partial charge in [0.05, 0.1) is 18.4 Å². The Kier molecular flexibility index (Phi) is 9.46. The molecule has 0 aromatic heterocycles. The first-order valence-corrected chi connectivity index (χ1v) is 13.1. The zero-order valence-corrected chi connectivity index (χ0v) is 22.7. The van der Waals surface area contributed by atoms with Crippen molar-refractivity contribution in [3.8, 4) is 11.5 Å². The highest BCUT2D eigenvalue weighted by Crippen LogP contribution is 2.30. The Bertz CT molecular complexity index is 1510. The van der Waals surface area contributed by atoms with Gasteiger partial charge in [-0.1, -0.05) is 68.4 Å². The molecule has 0 aliphatic rings. The molecule has 2 amide bonds. The van der Waals surface area contributed by atoms with Crippen LogP contribution in [-0.4, -0.2) is 30.7 Å². The highest BCUT2D eigenvalue weighted by atomic mass is 19.1. The summed E-state index contributed by atoms with van der Waals surface area (Å²) in [4.78, 5) is 25.3. The summed E-state index contributed by atoms with van der Waals surface area (Å²) in [6.07, 6.45) is 1.48. The maximum absolute atomic E-state index is 14.0. The number of carbonyl (C=O) groups is 2. The van der Waals surface area contributed by atoms with Crippen LogP contribution < -0.4 is 20.2 Å². The van der Waals surface area contributed by atoms with Gasteiger partial charge in [0.25, 0.3) is 11.8 Å². The van der Waals surface area contributed by atoms with E-state index in [1.165, 1.54) is 24.4 Å². The fourth-order valence-electron chi connectivity index (χ4n) is 4.21. The van der Waals surface area contributed by atoms with Gasteiger partial charge in [0, 0.05) is 0 Å². The minimum Gasteiger partial charge on any atom is -0.490 e. The number of benzene rings is 4. The van der Waals surface area contributed by atoms with Crippen LogP contribution in [0.4, 0.5) is 4.39 Å². The quantitative estimate of drug-likeness (QED) is 0.184. The summed E-state index contributed by atoms with van der Waals surface area (Å²) in [5, 5.41) is 8.93. The summed E-state index contributed by atoms with van der Waals surface area (Å²) in [5.41, 5.74) is 4.08. The van der Waals surface area contributed by atoms with Crippen LogP contribution >= 0.6 is 0 Å². The zero-order valence-electron chi connectivity index (χ0n) is 22.7. The van der Waals surface area contributed by atoms with Crippen LogP contribution in [0.3, 0.4) is 0 Å². The number of hydrazone groups is 1. The van der Waals surface area contributed by atoms with Crippen LogP contribution in [0.5, 0.6) is 11.5 Å². The maximum Gasteiger partial charge on any atom is 0.262 e. The average Bonchev–Trinajstić information content (AvgIpc) is 2.95. The Hall–Kier alpha value is -4.72. The highest BCUT2D eigenvalue weighted by molar-refractivity contribution is 5.98. The average molecular weight is 542 g/mol. The number of hydrogen-bond donors (Lipinski definition) is 2. The lowest BCUT2D eigenvalue weighted by atomic mass is 10.0. The van der Waals surface area contributed by atoms with Crippen LogP contribution in [-0.2, 0) is 11.4 Å². The third-order valence-corrected chi connectivity index (χ3v) is 6.27.